The van der Waals surface area contributed by atoms with Crippen LogP contribution in [-0.4, -0.2) is 35.8 Å². The first kappa shape index (κ1) is 73.1. The molecular weight excluding hydrogens is 1250 g/mol. The summed E-state index contributed by atoms with van der Waals surface area (Å²) in [5.41, 5.74) is 3.54. The molecule has 8 rings (SSSR count). The van der Waals surface area contributed by atoms with E-state index in [2.05, 4.69) is 0 Å². The number of carboxylic acid groups (broad SMARTS) is 6. The van der Waals surface area contributed by atoms with Crippen LogP contribution in [0.5, 0.6) is 0 Å². The van der Waals surface area contributed by atoms with Crippen molar-refractivity contribution < 1.29 is 157 Å². The molecule has 18 nitrogen and oxygen atoms in total. The molecule has 8 aromatic rings. The van der Waals surface area contributed by atoms with Gasteiger partial charge in [-0.05, 0) is 58.4 Å². The number of carboxylic acids is 6. The second-order valence-electron chi connectivity index (χ2n) is 13.4. The maximum absolute atomic E-state index is 10.3. The second kappa shape index (κ2) is 44.2. The number of carbonyl (C=O) groups is 6. The number of rotatable bonds is 6. The Balaban J connectivity index is -0.000000376. The number of pyridine rings is 2. The summed E-state index contributed by atoms with van der Waals surface area (Å²) in [6, 6.07) is 55.5. The van der Waals surface area contributed by atoms with Crippen LogP contribution in [0.25, 0.3) is 0 Å². The van der Waals surface area contributed by atoms with Gasteiger partial charge in [0.25, 0.3) is 0 Å². The fourth-order valence-corrected chi connectivity index (χ4v) is 4.42. The van der Waals surface area contributed by atoms with Crippen LogP contribution in [0.15, 0.2) is 231 Å². The summed E-state index contributed by atoms with van der Waals surface area (Å²) >= 11 is 0. The van der Waals surface area contributed by atoms with E-state index in [0.29, 0.717) is 0 Å². The monoisotopic (exact) mass is 1300 g/mol. The van der Waals surface area contributed by atoms with Gasteiger partial charge in [0, 0.05) is 24.3 Å². The van der Waals surface area contributed by atoms with E-state index in [9.17, 15) is 69.8 Å². The molecule has 0 aliphatic rings. The van der Waals surface area contributed by atoms with Crippen molar-refractivity contribution >= 4 is 35.8 Å². The summed E-state index contributed by atoms with van der Waals surface area (Å²) in [5, 5.41) is 81.2. The molecule has 6 N–H and O–H groups in total. The Morgan fingerprint density at radius 1 is 0.270 bits per heavy atom. The minimum absolute atomic E-state index is 0. The minimum atomic E-state index is -1.13. The Kier molecular flexibility index (Phi) is 43.7. The Labute approximate surface area is 488 Å². The van der Waals surface area contributed by atoms with Gasteiger partial charge in [-0.25, -0.2) is 0 Å². The Morgan fingerprint density at radius 2 is 0.392 bits per heavy atom. The number of carbonyl (C=O) groups excluding carboxylic acids is 6. The van der Waals surface area contributed by atoms with Crippen molar-refractivity contribution in [3.8, 4) is 0 Å². The molecule has 6 aromatic carbocycles. The van der Waals surface area contributed by atoms with Crippen molar-refractivity contribution in [3.63, 3.8) is 0 Å². The zero-order chi connectivity index (χ0) is 52.1. The molecular formula is C54H50N2O16Tb2+2. The van der Waals surface area contributed by atoms with Gasteiger partial charge in [-0.3, -0.25) is 0 Å². The number of hydrogen-bond donors (Lipinski definition) is 0. The average molecular weight is 1300 g/mol. The van der Waals surface area contributed by atoms with Crippen molar-refractivity contribution in [1.29, 1.82) is 0 Å². The van der Waals surface area contributed by atoms with Crippen molar-refractivity contribution in [3.05, 3.63) is 286 Å². The average Bonchev–Trinajstić information content (AvgIpc) is 3.38. The number of aromatic carboxylic acids is 6. The predicted octanol–water partition coefficient (Wildman–Crippen LogP) is -0.286. The first-order valence-corrected chi connectivity index (χ1v) is 20.3. The Bertz CT molecular complexity index is 2260. The van der Waals surface area contributed by atoms with Gasteiger partial charge in [0.05, 0.1) is 35.8 Å². The predicted molar refractivity (Wildman–Crippen MR) is 255 cm³/mol. The minimum Gasteiger partial charge on any atom is -0.619 e. The summed E-state index contributed by atoms with van der Waals surface area (Å²) in [6.45, 7) is 3.89. The van der Waals surface area contributed by atoms with Crippen molar-refractivity contribution in [2.75, 3.05) is 0 Å². The second-order valence-corrected chi connectivity index (χ2v) is 13.4. The number of nitrogens with zero attached hydrogens (tertiary/aromatic N) is 2. The zero-order valence-electron chi connectivity index (χ0n) is 39.4. The number of benzene rings is 6. The van der Waals surface area contributed by atoms with Crippen LogP contribution in [0.4, 0.5) is 0 Å². The van der Waals surface area contributed by atoms with E-state index in [0.717, 1.165) is 20.6 Å². The van der Waals surface area contributed by atoms with Gasteiger partial charge in [0.2, 0.25) is 0 Å². The van der Waals surface area contributed by atoms with Gasteiger partial charge in [0.1, 0.15) is 0 Å². The molecule has 0 saturated carbocycles. The van der Waals surface area contributed by atoms with Crippen molar-refractivity contribution in [2.24, 2.45) is 0 Å². The van der Waals surface area contributed by atoms with Crippen LogP contribution >= 0.6 is 0 Å². The smallest absolute Gasteiger partial charge is 0.619 e. The molecule has 0 saturated heterocycles. The summed E-state index contributed by atoms with van der Waals surface area (Å²) < 4.78 is 1.54. The van der Waals surface area contributed by atoms with E-state index < -0.39 is 35.8 Å². The maximum atomic E-state index is 10.3. The summed E-state index contributed by atoms with van der Waals surface area (Å²) in [6.07, 6.45) is 5.93. The molecule has 0 spiro atoms. The van der Waals surface area contributed by atoms with E-state index in [1.165, 1.54) is 97.6 Å². The quantitative estimate of drug-likeness (QED) is 0.117. The van der Waals surface area contributed by atoms with Crippen molar-refractivity contribution in [2.45, 2.75) is 13.8 Å². The first-order chi connectivity index (χ1) is 33.4. The van der Waals surface area contributed by atoms with Crippen LogP contribution in [0.1, 0.15) is 73.3 Å². The van der Waals surface area contributed by atoms with E-state index in [4.69, 9.17) is 0 Å². The molecule has 74 heavy (non-hydrogen) atoms. The maximum Gasteiger partial charge on any atom is 3.00 e. The third kappa shape index (κ3) is 36.5. The Hall–Kier alpha value is -7.47. The van der Waals surface area contributed by atoms with E-state index >= 15 is 0 Å². The molecule has 0 radical (unpaired) electrons. The Morgan fingerprint density at radius 3 is 0.473 bits per heavy atom. The van der Waals surface area contributed by atoms with Gasteiger partial charge in [-0.1, -0.05) is 182 Å². The van der Waals surface area contributed by atoms with Crippen molar-refractivity contribution in [1.82, 2.24) is 0 Å². The molecule has 388 valence electrons. The molecule has 0 atom stereocenters. The van der Waals surface area contributed by atoms with Gasteiger partial charge in [-0.2, -0.15) is 9.46 Å². The largest absolute Gasteiger partial charge is 3.00 e. The third-order valence-electron chi connectivity index (χ3n) is 7.99. The molecule has 20 heteroatoms. The molecule has 2 heterocycles. The standard InChI is InChI=1S/6C7H6O2.2C6H7NO.2H2O.2Tb/c6*8-7(9)6-4-2-1-3-5-6;2*1-6-2-4-7(8)5-3-6;;;;/h6*1-5H,(H,8,9);2*2-5H,1H3;2*1H2;;/q;;;;;;;;;;2*+3/p-4. The number of aromatic nitrogens is 2. The number of aryl methyl sites for hydroxylation is 2. The van der Waals surface area contributed by atoms with Gasteiger partial charge < -0.3 is 80.8 Å². The van der Waals surface area contributed by atoms with Gasteiger partial charge in [0.15, 0.2) is 24.8 Å². The fourth-order valence-electron chi connectivity index (χ4n) is 4.42. The molecule has 0 unspecified atom stereocenters. The van der Waals surface area contributed by atoms with E-state index in [1.807, 2.05) is 13.8 Å². The van der Waals surface area contributed by atoms with Crippen LogP contribution in [0, 0.1) is 101 Å². The summed E-state index contributed by atoms with van der Waals surface area (Å²) in [4.78, 5) is 60.5. The van der Waals surface area contributed by atoms with Crippen LogP contribution in [-0.2, 0) is 11.0 Å². The topological polar surface area (TPSA) is 361 Å². The molecule has 0 fully saturated rings. The third-order valence-corrected chi connectivity index (χ3v) is 7.99. The van der Waals surface area contributed by atoms with Gasteiger partial charge >= 0.3 is 77.2 Å². The van der Waals surface area contributed by atoms with Crippen LogP contribution in [0.2, 0.25) is 0 Å². The molecule has 2 aromatic heterocycles. The van der Waals surface area contributed by atoms with Gasteiger partial charge in [-0.15, -0.1) is 0 Å². The van der Waals surface area contributed by atoms with Crippen LogP contribution in [0.3, 0.4) is 0 Å². The fraction of sp³-hybridized carbons (Fsp3) is 0.0370. The summed E-state index contributed by atoms with van der Waals surface area (Å²) in [5.74, 6) is -6.77. The van der Waals surface area contributed by atoms with E-state index in [1.54, 1.807) is 133 Å². The molecule has 0 aliphatic heterocycles. The van der Waals surface area contributed by atoms with Crippen LogP contribution < -0.4 is 40.1 Å². The number of hydrogen-bond acceptors (Lipinski definition) is 14. The van der Waals surface area contributed by atoms with E-state index in [-0.39, 0.29) is 122 Å². The summed E-state index contributed by atoms with van der Waals surface area (Å²) in [7, 11) is 0. The first-order valence-electron chi connectivity index (χ1n) is 20.3. The molecule has 0 bridgehead atoms. The molecule has 0 aliphatic carbocycles. The normalized spacial score (nSPS) is 8.46. The SMILES string of the molecule is Cc1cc[n+]([O-])cc1.Cc1cc[n+]([O-])cc1.O=C([O-])c1ccccc1.O=C([O-])c1ccccc1.O=C([O-])c1ccccc1.O=C([O-])c1ccccc1.O=C([O-])c1ccccc1.O=C([O-])c1ccccc1.[OH3+].[OH3+].[Tb+3].[Tb+3]. The molecule has 0 amide bonds. The zero-order valence-corrected chi connectivity index (χ0v) is 43.6.